The molecular weight excluding hydrogens is 330 g/mol. The summed E-state index contributed by atoms with van der Waals surface area (Å²) in [5, 5.41) is 16.1. The van der Waals surface area contributed by atoms with Gasteiger partial charge in [0.15, 0.2) is 0 Å². The van der Waals surface area contributed by atoms with E-state index in [1.54, 1.807) is 0 Å². The van der Waals surface area contributed by atoms with E-state index in [9.17, 15) is 5.11 Å². The average Bonchev–Trinajstić information content (AvgIpc) is 3.26. The molecule has 4 heteroatoms. The van der Waals surface area contributed by atoms with Crippen LogP contribution < -0.4 is 10.1 Å². The van der Waals surface area contributed by atoms with Gasteiger partial charge < -0.3 is 15.2 Å². The molecular formula is C21H29NO2S. The number of thiophene rings is 1. The first-order valence-electron chi connectivity index (χ1n) is 9.28. The molecule has 1 aliphatic rings. The highest BCUT2D eigenvalue weighted by molar-refractivity contribution is 7.10. The van der Waals surface area contributed by atoms with E-state index in [0.717, 1.165) is 5.75 Å². The Morgan fingerprint density at radius 3 is 2.56 bits per heavy atom. The van der Waals surface area contributed by atoms with Crippen LogP contribution in [0.25, 0.3) is 0 Å². The second-order valence-electron chi connectivity index (χ2n) is 7.23. The van der Waals surface area contributed by atoms with Crippen LogP contribution >= 0.6 is 11.3 Å². The van der Waals surface area contributed by atoms with Gasteiger partial charge in [-0.25, -0.2) is 0 Å². The molecule has 0 spiro atoms. The molecule has 0 radical (unpaired) electrons. The summed E-state index contributed by atoms with van der Waals surface area (Å²) in [5.41, 5.74) is 2.36. The van der Waals surface area contributed by atoms with E-state index in [1.165, 1.54) is 41.7 Å². The number of hydrogen-bond acceptors (Lipinski definition) is 4. The van der Waals surface area contributed by atoms with Gasteiger partial charge in [-0.15, -0.1) is 11.3 Å². The van der Waals surface area contributed by atoms with Crippen LogP contribution in [-0.2, 0) is 0 Å². The lowest BCUT2D eigenvalue weighted by Crippen LogP contribution is -2.36. The Kier molecular flexibility index (Phi) is 6.51. The first kappa shape index (κ1) is 18.4. The predicted molar refractivity (Wildman–Crippen MR) is 104 cm³/mol. The summed E-state index contributed by atoms with van der Waals surface area (Å²) >= 11 is 1.81. The van der Waals surface area contributed by atoms with Crippen molar-refractivity contribution >= 4 is 11.3 Å². The predicted octanol–water partition coefficient (Wildman–Crippen LogP) is 4.63. The summed E-state index contributed by atoms with van der Waals surface area (Å²) in [5.74, 6) is 1.52. The van der Waals surface area contributed by atoms with Crippen molar-refractivity contribution in [1.82, 2.24) is 5.32 Å². The maximum atomic E-state index is 10.4. The summed E-state index contributed by atoms with van der Waals surface area (Å²) < 4.78 is 5.79. The molecule has 0 saturated heterocycles. The monoisotopic (exact) mass is 359 g/mol. The zero-order valence-electron chi connectivity index (χ0n) is 15.2. The van der Waals surface area contributed by atoms with Gasteiger partial charge in [-0.2, -0.15) is 0 Å². The van der Waals surface area contributed by atoms with Crippen molar-refractivity contribution in [2.45, 2.75) is 51.7 Å². The molecule has 1 fully saturated rings. The van der Waals surface area contributed by atoms with Crippen LogP contribution in [0.4, 0.5) is 0 Å². The van der Waals surface area contributed by atoms with Crippen LogP contribution in [0.3, 0.4) is 0 Å². The molecule has 25 heavy (non-hydrogen) atoms. The molecule has 1 heterocycles. The molecule has 2 aromatic rings. The van der Waals surface area contributed by atoms with Gasteiger partial charge in [0, 0.05) is 17.5 Å². The molecule has 2 unspecified atom stereocenters. The van der Waals surface area contributed by atoms with Crippen LogP contribution in [0.1, 0.15) is 47.7 Å². The highest BCUT2D eigenvalue weighted by Crippen LogP contribution is 2.37. The molecule has 1 saturated carbocycles. The normalized spacial score (nSPS) is 17.6. The lowest BCUT2D eigenvalue weighted by Gasteiger charge is -2.25. The summed E-state index contributed by atoms with van der Waals surface area (Å²) in [7, 11) is 0. The molecule has 1 aromatic carbocycles. The largest absolute Gasteiger partial charge is 0.491 e. The molecule has 0 bridgehead atoms. The first-order chi connectivity index (χ1) is 12.1. The third kappa shape index (κ3) is 5.30. The SMILES string of the molecule is Cc1cc(C)cc(OCC(O)CNC(c2cccs2)C2CCCC2)c1. The van der Waals surface area contributed by atoms with Gasteiger partial charge in [-0.3, -0.25) is 0 Å². The number of rotatable bonds is 8. The number of hydrogen-bond donors (Lipinski definition) is 2. The van der Waals surface area contributed by atoms with E-state index in [4.69, 9.17) is 4.74 Å². The molecule has 136 valence electrons. The minimum Gasteiger partial charge on any atom is -0.491 e. The Morgan fingerprint density at radius 2 is 1.92 bits per heavy atom. The Bertz CT molecular complexity index is 630. The molecule has 3 nitrogen and oxygen atoms in total. The highest BCUT2D eigenvalue weighted by atomic mass is 32.1. The molecule has 3 rings (SSSR count). The maximum absolute atomic E-state index is 10.4. The minimum atomic E-state index is -0.510. The number of aliphatic hydroxyl groups is 1. The van der Waals surface area contributed by atoms with Crippen molar-refractivity contribution in [3.8, 4) is 5.75 Å². The second-order valence-corrected chi connectivity index (χ2v) is 8.21. The fraction of sp³-hybridized carbons (Fsp3) is 0.524. The van der Waals surface area contributed by atoms with Gasteiger partial charge in [0.25, 0.3) is 0 Å². The first-order valence-corrected chi connectivity index (χ1v) is 10.2. The number of nitrogens with one attached hydrogen (secondary N) is 1. The summed E-state index contributed by atoms with van der Waals surface area (Å²) in [6, 6.07) is 10.8. The lowest BCUT2D eigenvalue weighted by molar-refractivity contribution is 0.101. The average molecular weight is 360 g/mol. The number of benzene rings is 1. The fourth-order valence-corrected chi connectivity index (χ4v) is 4.68. The van der Waals surface area contributed by atoms with Gasteiger partial charge in [0.05, 0.1) is 0 Å². The van der Waals surface area contributed by atoms with E-state index in [2.05, 4.69) is 42.7 Å². The summed E-state index contributed by atoms with van der Waals surface area (Å²) in [6.45, 7) is 5.00. The van der Waals surface area contributed by atoms with Crippen LogP contribution in [0.5, 0.6) is 5.75 Å². The third-order valence-electron chi connectivity index (χ3n) is 4.93. The van der Waals surface area contributed by atoms with Crippen molar-refractivity contribution in [3.05, 3.63) is 51.7 Å². The molecule has 1 aromatic heterocycles. The van der Waals surface area contributed by atoms with Crippen LogP contribution in [-0.4, -0.2) is 24.4 Å². The van der Waals surface area contributed by atoms with E-state index in [0.29, 0.717) is 25.1 Å². The topological polar surface area (TPSA) is 41.5 Å². The quantitative estimate of drug-likeness (QED) is 0.722. The molecule has 2 atom stereocenters. The zero-order chi connectivity index (χ0) is 17.6. The second kappa shape index (κ2) is 8.84. The number of aryl methyl sites for hydroxylation is 2. The standard InChI is InChI=1S/C21H29NO2S/c1-15-10-16(2)12-19(11-15)24-14-18(23)13-22-21(17-6-3-4-7-17)20-8-5-9-25-20/h5,8-12,17-18,21-23H,3-4,6-7,13-14H2,1-2H3. The van der Waals surface area contributed by atoms with Crippen LogP contribution in [0.2, 0.25) is 0 Å². The van der Waals surface area contributed by atoms with Crippen molar-refractivity contribution in [1.29, 1.82) is 0 Å². The Balaban J connectivity index is 1.51. The number of aliphatic hydroxyl groups excluding tert-OH is 1. The van der Waals surface area contributed by atoms with Gasteiger partial charge in [-0.1, -0.05) is 25.0 Å². The Morgan fingerprint density at radius 1 is 1.20 bits per heavy atom. The van der Waals surface area contributed by atoms with Gasteiger partial charge >= 0.3 is 0 Å². The van der Waals surface area contributed by atoms with Gasteiger partial charge in [0.2, 0.25) is 0 Å². The van der Waals surface area contributed by atoms with Crippen molar-refractivity contribution in [2.24, 2.45) is 5.92 Å². The summed E-state index contributed by atoms with van der Waals surface area (Å²) in [6.07, 6.45) is 4.71. The third-order valence-corrected chi connectivity index (χ3v) is 5.89. The van der Waals surface area contributed by atoms with E-state index in [-0.39, 0.29) is 0 Å². The van der Waals surface area contributed by atoms with Gasteiger partial charge in [-0.05, 0) is 67.3 Å². The van der Waals surface area contributed by atoms with Gasteiger partial charge in [0.1, 0.15) is 18.5 Å². The maximum Gasteiger partial charge on any atom is 0.119 e. The van der Waals surface area contributed by atoms with Crippen LogP contribution in [0, 0.1) is 19.8 Å². The Hall–Kier alpha value is -1.36. The van der Waals surface area contributed by atoms with E-state index in [1.807, 2.05) is 23.5 Å². The molecule has 1 aliphatic carbocycles. The van der Waals surface area contributed by atoms with Crippen molar-refractivity contribution < 1.29 is 9.84 Å². The van der Waals surface area contributed by atoms with E-state index >= 15 is 0 Å². The minimum absolute atomic E-state index is 0.317. The lowest BCUT2D eigenvalue weighted by atomic mass is 9.96. The zero-order valence-corrected chi connectivity index (χ0v) is 16.0. The van der Waals surface area contributed by atoms with Crippen molar-refractivity contribution in [2.75, 3.05) is 13.2 Å². The van der Waals surface area contributed by atoms with Crippen molar-refractivity contribution in [3.63, 3.8) is 0 Å². The molecule has 0 aliphatic heterocycles. The van der Waals surface area contributed by atoms with E-state index < -0.39 is 6.10 Å². The fourth-order valence-electron chi connectivity index (χ4n) is 3.79. The van der Waals surface area contributed by atoms with Crippen LogP contribution in [0.15, 0.2) is 35.7 Å². The molecule has 0 amide bonds. The number of ether oxygens (including phenoxy) is 1. The highest BCUT2D eigenvalue weighted by Gasteiger charge is 2.27. The Labute approximate surface area is 155 Å². The molecule has 2 N–H and O–H groups in total. The summed E-state index contributed by atoms with van der Waals surface area (Å²) in [4.78, 5) is 1.38. The smallest absolute Gasteiger partial charge is 0.119 e.